The van der Waals surface area contributed by atoms with Crippen LogP contribution in [-0.2, 0) is 0 Å². The Morgan fingerprint density at radius 3 is 2.04 bits per heavy atom. The van der Waals surface area contributed by atoms with Gasteiger partial charge in [0.2, 0.25) is 0 Å². The number of ketones is 1. The number of likely N-dealkylation sites (N-methyl/N-ethyl adjacent to an activating group) is 1. The van der Waals surface area contributed by atoms with Crippen molar-refractivity contribution in [2.45, 2.75) is 85.0 Å². The first-order chi connectivity index (χ1) is 13.4. The number of nitrogens with zero attached hydrogens (tertiary/aromatic N) is 1. The van der Waals surface area contributed by atoms with Gasteiger partial charge in [-0.05, 0) is 38.8 Å². The third-order valence-corrected chi connectivity index (χ3v) is 5.59. The number of quaternary nitrogens is 1. The van der Waals surface area contributed by atoms with E-state index >= 15 is 0 Å². The number of hydrogen-bond acceptors (Lipinski definition) is 2. The number of carbonyl (C=O) groups is 1. The van der Waals surface area contributed by atoms with E-state index in [1.165, 1.54) is 70.8 Å². The van der Waals surface area contributed by atoms with Gasteiger partial charge in [0, 0.05) is 0 Å². The molecule has 0 spiro atoms. The highest BCUT2D eigenvalue weighted by atomic mass is 16.5. The normalized spacial score (nSPS) is 11.6. The highest BCUT2D eigenvalue weighted by molar-refractivity contribution is 5.97. The zero-order valence-electron chi connectivity index (χ0n) is 19.2. The van der Waals surface area contributed by atoms with Crippen molar-refractivity contribution in [3.8, 4) is 5.75 Å². The molecule has 0 fully saturated rings. The van der Waals surface area contributed by atoms with Gasteiger partial charge in [0.15, 0.2) is 5.78 Å². The Morgan fingerprint density at radius 1 is 0.893 bits per heavy atom. The van der Waals surface area contributed by atoms with Crippen LogP contribution < -0.4 is 4.74 Å². The van der Waals surface area contributed by atoms with E-state index in [4.69, 9.17) is 4.74 Å². The van der Waals surface area contributed by atoms with Gasteiger partial charge in [-0.1, -0.05) is 69.9 Å². The maximum atomic E-state index is 11.8. The van der Waals surface area contributed by atoms with Crippen molar-refractivity contribution in [2.75, 3.05) is 33.8 Å². The first kappa shape index (κ1) is 24.7. The van der Waals surface area contributed by atoms with Crippen molar-refractivity contribution in [2.24, 2.45) is 0 Å². The van der Waals surface area contributed by atoms with Crippen LogP contribution in [0.1, 0.15) is 94.0 Å². The van der Waals surface area contributed by atoms with Crippen LogP contribution in [0.3, 0.4) is 0 Å². The maximum absolute atomic E-state index is 11.8. The highest BCUT2D eigenvalue weighted by Crippen LogP contribution is 2.21. The Hall–Kier alpha value is -1.35. The van der Waals surface area contributed by atoms with Crippen LogP contribution in [0.15, 0.2) is 18.2 Å². The van der Waals surface area contributed by atoms with Crippen LogP contribution in [0.2, 0.25) is 0 Å². The molecule has 0 radical (unpaired) electrons. The number of ether oxygens (including phenoxy) is 1. The molecule has 1 aromatic rings. The molecule has 0 unspecified atom stereocenters. The fourth-order valence-electron chi connectivity index (χ4n) is 3.59. The second-order valence-corrected chi connectivity index (χ2v) is 8.97. The molecule has 0 aliphatic carbocycles. The van der Waals surface area contributed by atoms with E-state index in [2.05, 4.69) is 21.0 Å². The van der Waals surface area contributed by atoms with Gasteiger partial charge in [-0.15, -0.1) is 0 Å². The lowest BCUT2D eigenvalue weighted by molar-refractivity contribution is -0.890. The van der Waals surface area contributed by atoms with Crippen molar-refractivity contribution in [1.29, 1.82) is 0 Å². The molecule has 160 valence electrons. The molecular weight excluding hydrogens is 346 g/mol. The van der Waals surface area contributed by atoms with Crippen molar-refractivity contribution in [3.05, 3.63) is 29.3 Å². The number of hydrogen-bond donors (Lipinski definition) is 0. The minimum absolute atomic E-state index is 0.0674. The van der Waals surface area contributed by atoms with Crippen LogP contribution in [0, 0.1) is 6.92 Å². The average molecular weight is 391 g/mol. The third-order valence-electron chi connectivity index (χ3n) is 5.59. The zero-order valence-corrected chi connectivity index (χ0v) is 19.2. The van der Waals surface area contributed by atoms with Crippen LogP contribution in [0.5, 0.6) is 5.75 Å². The Balaban J connectivity index is 2.17. The number of carbonyl (C=O) groups excluding carboxylic acids is 1. The summed E-state index contributed by atoms with van der Waals surface area (Å²) in [6, 6.07) is 5.85. The Bertz CT molecular complexity index is 566. The first-order valence-electron chi connectivity index (χ1n) is 11.4. The van der Waals surface area contributed by atoms with Gasteiger partial charge in [0.25, 0.3) is 0 Å². The smallest absolute Gasteiger partial charge is 0.163 e. The molecule has 0 saturated heterocycles. The summed E-state index contributed by atoms with van der Waals surface area (Å²) in [6.45, 7) is 8.68. The van der Waals surface area contributed by atoms with Gasteiger partial charge >= 0.3 is 0 Å². The summed E-state index contributed by atoms with van der Waals surface area (Å²) in [5.74, 6) is 0.787. The quantitative estimate of drug-likeness (QED) is 0.181. The topological polar surface area (TPSA) is 26.3 Å². The van der Waals surface area contributed by atoms with Gasteiger partial charge in [0.05, 0.1) is 26.2 Å². The summed E-state index contributed by atoms with van der Waals surface area (Å²) in [6.07, 6.45) is 13.8. The average Bonchev–Trinajstić information content (AvgIpc) is 2.64. The molecule has 28 heavy (non-hydrogen) atoms. The second-order valence-electron chi connectivity index (χ2n) is 8.97. The van der Waals surface area contributed by atoms with Crippen molar-refractivity contribution in [3.63, 3.8) is 0 Å². The molecule has 0 saturated carbocycles. The molecule has 0 aliphatic rings. The van der Waals surface area contributed by atoms with E-state index in [1.807, 2.05) is 25.1 Å². The van der Waals surface area contributed by atoms with Gasteiger partial charge in [-0.2, -0.15) is 0 Å². The molecule has 1 rings (SSSR count). The lowest BCUT2D eigenvalue weighted by Gasteiger charge is -2.29. The lowest BCUT2D eigenvalue weighted by atomic mass is 10.1. The van der Waals surface area contributed by atoms with E-state index in [0.29, 0.717) is 12.2 Å². The molecule has 0 N–H and O–H groups in total. The second kappa shape index (κ2) is 13.8. The largest absolute Gasteiger partial charge is 0.487 e. The van der Waals surface area contributed by atoms with Crippen LogP contribution in [-0.4, -0.2) is 44.1 Å². The van der Waals surface area contributed by atoms with Gasteiger partial charge in [-0.3, -0.25) is 4.79 Å². The predicted octanol–water partition coefficient (Wildman–Crippen LogP) is 6.57. The molecule has 0 aromatic heterocycles. The van der Waals surface area contributed by atoms with Crippen molar-refractivity contribution >= 4 is 5.78 Å². The van der Waals surface area contributed by atoms with Gasteiger partial charge in [0.1, 0.15) is 18.9 Å². The number of rotatable bonds is 16. The monoisotopic (exact) mass is 390 g/mol. The van der Waals surface area contributed by atoms with E-state index in [1.54, 1.807) is 6.92 Å². The van der Waals surface area contributed by atoms with Crippen LogP contribution >= 0.6 is 0 Å². The highest BCUT2D eigenvalue weighted by Gasteiger charge is 2.16. The Labute approximate surface area is 174 Å². The summed E-state index contributed by atoms with van der Waals surface area (Å²) >= 11 is 0. The minimum Gasteiger partial charge on any atom is -0.487 e. The molecule has 0 atom stereocenters. The van der Waals surface area contributed by atoms with E-state index in [9.17, 15) is 4.79 Å². The van der Waals surface area contributed by atoms with Crippen LogP contribution in [0.25, 0.3) is 0 Å². The predicted molar refractivity (Wildman–Crippen MR) is 120 cm³/mol. The number of unbranched alkanes of at least 4 members (excludes halogenated alkanes) is 9. The van der Waals surface area contributed by atoms with Crippen LogP contribution in [0.4, 0.5) is 0 Å². The van der Waals surface area contributed by atoms with E-state index < -0.39 is 0 Å². The van der Waals surface area contributed by atoms with Crippen molar-refractivity contribution < 1.29 is 14.0 Å². The fraction of sp³-hybridized carbons (Fsp3) is 0.720. The van der Waals surface area contributed by atoms with E-state index in [-0.39, 0.29) is 5.78 Å². The number of Topliss-reactive ketones (excluding diaryl/α,β-unsaturated/α-hetero) is 1. The summed E-state index contributed by atoms with van der Waals surface area (Å²) in [5, 5.41) is 0. The fourth-order valence-corrected chi connectivity index (χ4v) is 3.59. The van der Waals surface area contributed by atoms with Gasteiger partial charge in [-0.25, -0.2) is 0 Å². The number of aryl methyl sites for hydroxylation is 1. The summed E-state index contributed by atoms with van der Waals surface area (Å²) in [7, 11) is 4.55. The molecule has 0 heterocycles. The van der Waals surface area contributed by atoms with Gasteiger partial charge < -0.3 is 9.22 Å². The SMILES string of the molecule is CCCCCCCCCCCC[N+](C)(C)CCOc1ccc(C)cc1C(C)=O. The molecule has 0 amide bonds. The summed E-state index contributed by atoms with van der Waals surface area (Å²) < 4.78 is 6.92. The maximum Gasteiger partial charge on any atom is 0.163 e. The molecule has 1 aromatic carbocycles. The van der Waals surface area contributed by atoms with E-state index in [0.717, 1.165) is 22.3 Å². The number of benzene rings is 1. The Morgan fingerprint density at radius 2 is 1.46 bits per heavy atom. The summed E-state index contributed by atoms with van der Waals surface area (Å²) in [4.78, 5) is 11.8. The molecule has 0 aliphatic heterocycles. The van der Waals surface area contributed by atoms with Crippen molar-refractivity contribution in [1.82, 2.24) is 0 Å². The first-order valence-corrected chi connectivity index (χ1v) is 11.4. The molecule has 0 bridgehead atoms. The lowest BCUT2D eigenvalue weighted by Crippen LogP contribution is -2.43. The standard InChI is InChI=1S/C25H44NO2/c1-6-7-8-9-10-11-12-13-14-15-18-26(4,5)19-20-28-25-17-16-22(2)21-24(25)23(3)27/h16-17,21H,6-15,18-20H2,1-5H3/q+1. The molecular formula is C25H44NO2+. The minimum atomic E-state index is 0.0674. The molecule has 3 heteroatoms. The summed E-state index contributed by atoms with van der Waals surface area (Å²) in [5.41, 5.74) is 1.79. The molecule has 3 nitrogen and oxygen atoms in total. The zero-order chi connectivity index (χ0) is 20.8. The third kappa shape index (κ3) is 10.8. The Kier molecular flexibility index (Phi) is 12.1.